The minimum Gasteiger partial charge on any atom is -0.463 e. The number of benzene rings is 1. The second-order valence-electron chi connectivity index (χ2n) is 9.27. The second kappa shape index (κ2) is 12.3. The van der Waals surface area contributed by atoms with Gasteiger partial charge in [-0.15, -0.1) is 6.58 Å². The molecule has 0 bridgehead atoms. The molecule has 1 saturated heterocycles. The van der Waals surface area contributed by atoms with E-state index in [1.165, 1.54) is 4.90 Å². The van der Waals surface area contributed by atoms with Crippen molar-refractivity contribution >= 4 is 29.6 Å². The van der Waals surface area contributed by atoms with Crippen molar-refractivity contribution < 1.29 is 19.1 Å². The Balaban J connectivity index is 1.98. The predicted octanol–water partition coefficient (Wildman–Crippen LogP) is 3.53. The van der Waals surface area contributed by atoms with E-state index in [2.05, 4.69) is 22.1 Å². The van der Waals surface area contributed by atoms with Crippen molar-refractivity contribution in [1.82, 2.24) is 25.3 Å². The van der Waals surface area contributed by atoms with Crippen LogP contribution in [0.25, 0.3) is 0 Å². The number of nitrogens with one attached hydrogen (secondary N) is 2. The Morgan fingerprint density at radius 1 is 1.31 bits per heavy atom. The van der Waals surface area contributed by atoms with Crippen molar-refractivity contribution in [2.24, 2.45) is 0 Å². The molecular formula is C26H36ClN5O4. The molecule has 2 N–H and O–H groups in total. The van der Waals surface area contributed by atoms with E-state index in [9.17, 15) is 14.4 Å². The molecule has 1 aromatic carbocycles. The van der Waals surface area contributed by atoms with Crippen LogP contribution in [0.15, 0.2) is 48.2 Å². The number of piperazine rings is 1. The van der Waals surface area contributed by atoms with Crippen LogP contribution >= 0.6 is 11.6 Å². The van der Waals surface area contributed by atoms with Gasteiger partial charge >= 0.3 is 18.0 Å². The maximum absolute atomic E-state index is 13.3. The standard InChI is InChI=1S/C26H36ClN5O4/c1-6-12-32-21(16-30-13-14-31(18(5)15-30)25(34)28-17(3)4)22(24(33)36-7-2)23(29-26(32)35)19-10-8-9-11-20(19)27/h6,8-11,17-18,23H,1,7,12-16H2,2-5H3,(H,28,34)(H,29,35). The number of hydrogen-bond acceptors (Lipinski definition) is 5. The predicted molar refractivity (Wildman–Crippen MR) is 140 cm³/mol. The van der Waals surface area contributed by atoms with Crippen LogP contribution in [0.3, 0.4) is 0 Å². The van der Waals surface area contributed by atoms with Crippen molar-refractivity contribution in [2.45, 2.75) is 45.8 Å². The highest BCUT2D eigenvalue weighted by molar-refractivity contribution is 6.31. The van der Waals surface area contributed by atoms with Crippen molar-refractivity contribution in [3.8, 4) is 0 Å². The Bertz CT molecular complexity index is 1030. The lowest BCUT2D eigenvalue weighted by Crippen LogP contribution is -2.58. The van der Waals surface area contributed by atoms with E-state index in [1.807, 2.05) is 31.7 Å². The van der Waals surface area contributed by atoms with Crippen LogP contribution in [0.4, 0.5) is 9.59 Å². The third-order valence-electron chi connectivity index (χ3n) is 6.22. The molecule has 2 aliphatic rings. The topological polar surface area (TPSA) is 94.2 Å². The Kier molecular flexibility index (Phi) is 9.39. The zero-order valence-electron chi connectivity index (χ0n) is 21.4. The lowest BCUT2D eigenvalue weighted by atomic mass is 9.94. The first-order valence-electron chi connectivity index (χ1n) is 12.3. The van der Waals surface area contributed by atoms with Crippen LogP contribution in [0, 0.1) is 0 Å². The summed E-state index contributed by atoms with van der Waals surface area (Å²) in [5.41, 5.74) is 1.52. The number of esters is 1. The molecule has 3 rings (SSSR count). The van der Waals surface area contributed by atoms with Crippen LogP contribution < -0.4 is 10.6 Å². The zero-order valence-corrected chi connectivity index (χ0v) is 22.2. The van der Waals surface area contributed by atoms with Gasteiger partial charge in [0, 0.05) is 55.5 Å². The Hall–Kier alpha value is -3.04. The molecule has 2 heterocycles. The molecule has 36 heavy (non-hydrogen) atoms. The number of nitrogens with zero attached hydrogens (tertiary/aromatic N) is 3. The van der Waals surface area contributed by atoms with Crippen LogP contribution in [-0.4, -0.2) is 84.1 Å². The van der Waals surface area contributed by atoms with Crippen molar-refractivity contribution in [1.29, 1.82) is 0 Å². The number of halogens is 1. The minimum atomic E-state index is -0.753. The summed E-state index contributed by atoms with van der Waals surface area (Å²) in [4.78, 5) is 44.6. The Morgan fingerprint density at radius 2 is 2.03 bits per heavy atom. The summed E-state index contributed by atoms with van der Waals surface area (Å²) in [5, 5.41) is 6.32. The van der Waals surface area contributed by atoms with Gasteiger partial charge in [-0.1, -0.05) is 35.9 Å². The van der Waals surface area contributed by atoms with Gasteiger partial charge < -0.3 is 20.3 Å². The van der Waals surface area contributed by atoms with Gasteiger partial charge in [0.05, 0.1) is 18.2 Å². The fourth-order valence-electron chi connectivity index (χ4n) is 4.61. The number of carbonyl (C=O) groups excluding carboxylic acids is 3. The zero-order chi connectivity index (χ0) is 26.4. The van der Waals surface area contributed by atoms with Crippen LogP contribution in [0.2, 0.25) is 5.02 Å². The minimum absolute atomic E-state index is 0.0474. The average Bonchev–Trinajstić information content (AvgIpc) is 2.81. The number of ether oxygens (including phenoxy) is 1. The number of amides is 4. The van der Waals surface area contributed by atoms with Crippen molar-refractivity contribution in [3.63, 3.8) is 0 Å². The summed E-state index contributed by atoms with van der Waals surface area (Å²) in [6.07, 6.45) is 1.62. The third-order valence-corrected chi connectivity index (χ3v) is 6.56. The largest absolute Gasteiger partial charge is 0.463 e. The fourth-order valence-corrected chi connectivity index (χ4v) is 4.85. The van der Waals surface area contributed by atoms with Gasteiger partial charge in [0.15, 0.2) is 0 Å². The first-order valence-corrected chi connectivity index (χ1v) is 12.7. The molecule has 196 valence electrons. The molecule has 9 nitrogen and oxygen atoms in total. The van der Waals surface area contributed by atoms with E-state index in [4.69, 9.17) is 16.3 Å². The molecule has 0 saturated carbocycles. The first-order chi connectivity index (χ1) is 17.2. The highest BCUT2D eigenvalue weighted by atomic mass is 35.5. The van der Waals surface area contributed by atoms with Crippen LogP contribution in [-0.2, 0) is 9.53 Å². The maximum Gasteiger partial charge on any atom is 0.338 e. The summed E-state index contributed by atoms with van der Waals surface area (Å²) in [6.45, 7) is 13.9. The SMILES string of the molecule is C=CCN1C(=O)NC(c2ccccc2Cl)C(C(=O)OCC)=C1CN1CCN(C(=O)NC(C)C)C(C)C1. The Morgan fingerprint density at radius 3 is 2.64 bits per heavy atom. The third kappa shape index (κ3) is 6.20. The molecule has 0 aliphatic carbocycles. The van der Waals surface area contributed by atoms with E-state index in [0.29, 0.717) is 48.0 Å². The van der Waals surface area contributed by atoms with Gasteiger partial charge in [-0.3, -0.25) is 9.80 Å². The van der Waals surface area contributed by atoms with E-state index >= 15 is 0 Å². The highest BCUT2D eigenvalue weighted by Gasteiger charge is 2.40. The van der Waals surface area contributed by atoms with Gasteiger partial charge in [0.1, 0.15) is 0 Å². The smallest absolute Gasteiger partial charge is 0.338 e. The number of carbonyl (C=O) groups is 3. The molecule has 2 atom stereocenters. The van der Waals surface area contributed by atoms with Gasteiger partial charge in [-0.25, -0.2) is 14.4 Å². The van der Waals surface area contributed by atoms with Crippen LogP contribution in [0.5, 0.6) is 0 Å². The fraction of sp³-hybridized carbons (Fsp3) is 0.500. The number of hydrogen-bond donors (Lipinski definition) is 2. The maximum atomic E-state index is 13.3. The molecule has 10 heteroatoms. The van der Waals surface area contributed by atoms with E-state index in [1.54, 1.807) is 31.2 Å². The molecule has 1 fully saturated rings. The Labute approximate surface area is 218 Å². The van der Waals surface area contributed by atoms with E-state index in [-0.39, 0.29) is 37.3 Å². The molecule has 0 radical (unpaired) electrons. The summed E-state index contributed by atoms with van der Waals surface area (Å²) >= 11 is 6.48. The van der Waals surface area contributed by atoms with E-state index < -0.39 is 12.0 Å². The summed E-state index contributed by atoms with van der Waals surface area (Å²) in [7, 11) is 0. The highest BCUT2D eigenvalue weighted by Crippen LogP contribution is 2.35. The summed E-state index contributed by atoms with van der Waals surface area (Å²) in [6, 6.07) is 5.95. The molecule has 2 unspecified atom stereocenters. The molecule has 0 spiro atoms. The molecular weight excluding hydrogens is 482 g/mol. The van der Waals surface area contributed by atoms with Gasteiger partial charge in [0.25, 0.3) is 0 Å². The van der Waals surface area contributed by atoms with Gasteiger partial charge in [-0.05, 0) is 39.3 Å². The molecule has 1 aromatic rings. The van der Waals surface area contributed by atoms with Crippen molar-refractivity contribution in [2.75, 3.05) is 39.3 Å². The van der Waals surface area contributed by atoms with Gasteiger partial charge in [0.2, 0.25) is 0 Å². The normalized spacial score (nSPS) is 20.9. The quantitative estimate of drug-likeness (QED) is 0.406. The second-order valence-corrected chi connectivity index (χ2v) is 9.67. The summed E-state index contributed by atoms with van der Waals surface area (Å²) < 4.78 is 5.44. The van der Waals surface area contributed by atoms with E-state index in [0.717, 1.165) is 0 Å². The lowest BCUT2D eigenvalue weighted by molar-refractivity contribution is -0.139. The average molecular weight is 518 g/mol. The molecule has 4 amide bonds. The van der Waals surface area contributed by atoms with Crippen molar-refractivity contribution in [3.05, 3.63) is 58.8 Å². The first kappa shape index (κ1) is 27.5. The molecule has 0 aromatic heterocycles. The lowest BCUT2D eigenvalue weighted by Gasteiger charge is -2.43. The van der Waals surface area contributed by atoms with Gasteiger partial charge in [-0.2, -0.15) is 0 Å². The number of urea groups is 2. The monoisotopic (exact) mass is 517 g/mol. The summed E-state index contributed by atoms with van der Waals surface area (Å²) in [5.74, 6) is -0.505. The molecule has 2 aliphatic heterocycles. The number of rotatable bonds is 8. The van der Waals surface area contributed by atoms with Crippen LogP contribution in [0.1, 0.15) is 39.3 Å².